The molecule has 0 saturated carbocycles. The first-order chi connectivity index (χ1) is 6.21. The lowest BCUT2D eigenvalue weighted by Crippen LogP contribution is -2.47. The molecule has 1 saturated heterocycles. The number of furan rings is 1. The highest BCUT2D eigenvalue weighted by molar-refractivity contribution is 5.07. The highest BCUT2D eigenvalue weighted by Gasteiger charge is 2.38. The van der Waals surface area contributed by atoms with Crippen molar-refractivity contribution >= 4 is 0 Å². The third kappa shape index (κ3) is 1.62. The first-order valence-corrected chi connectivity index (χ1v) is 4.63. The first-order valence-electron chi connectivity index (χ1n) is 4.63. The third-order valence-electron chi connectivity index (χ3n) is 2.83. The zero-order valence-electron chi connectivity index (χ0n) is 7.82. The fraction of sp³-hybridized carbons (Fsp3) is 0.600. The van der Waals surface area contributed by atoms with Crippen molar-refractivity contribution in [1.29, 1.82) is 0 Å². The van der Waals surface area contributed by atoms with Gasteiger partial charge in [0.05, 0.1) is 17.9 Å². The van der Waals surface area contributed by atoms with E-state index < -0.39 is 0 Å². The van der Waals surface area contributed by atoms with Gasteiger partial charge >= 0.3 is 0 Å². The Balaban J connectivity index is 2.08. The molecular formula is C10H15NO2. The minimum atomic E-state index is -0.238. The average molecular weight is 181 g/mol. The summed E-state index contributed by atoms with van der Waals surface area (Å²) in [6.07, 6.45) is 3.48. The summed E-state index contributed by atoms with van der Waals surface area (Å²) in [4.78, 5) is 0. The molecule has 13 heavy (non-hydrogen) atoms. The van der Waals surface area contributed by atoms with E-state index in [9.17, 15) is 0 Å². The van der Waals surface area contributed by atoms with Gasteiger partial charge in [0.2, 0.25) is 0 Å². The van der Waals surface area contributed by atoms with Crippen LogP contribution in [0.1, 0.15) is 19.1 Å². The zero-order valence-corrected chi connectivity index (χ0v) is 7.82. The molecule has 0 bridgehead atoms. The topological polar surface area (TPSA) is 48.4 Å². The summed E-state index contributed by atoms with van der Waals surface area (Å²) in [6.45, 7) is 2.79. The van der Waals surface area contributed by atoms with Crippen LogP contribution in [0.15, 0.2) is 22.8 Å². The molecule has 0 spiro atoms. The van der Waals surface area contributed by atoms with Crippen LogP contribution in [0.5, 0.6) is 0 Å². The van der Waals surface area contributed by atoms with Crippen LogP contribution in [-0.4, -0.2) is 18.2 Å². The maximum Gasteiger partial charge on any atom is 0.105 e. The van der Waals surface area contributed by atoms with Crippen LogP contribution in [-0.2, 0) is 11.2 Å². The van der Waals surface area contributed by atoms with E-state index >= 15 is 0 Å². The monoisotopic (exact) mass is 181 g/mol. The number of nitrogens with two attached hydrogens (primary N) is 1. The number of rotatable bonds is 2. The summed E-state index contributed by atoms with van der Waals surface area (Å²) in [6, 6.07) is 3.85. The average Bonchev–Trinajstić information content (AvgIpc) is 2.65. The van der Waals surface area contributed by atoms with E-state index in [-0.39, 0.29) is 11.6 Å². The van der Waals surface area contributed by atoms with Crippen molar-refractivity contribution in [3.63, 3.8) is 0 Å². The van der Waals surface area contributed by atoms with Gasteiger partial charge in [-0.1, -0.05) is 0 Å². The van der Waals surface area contributed by atoms with Gasteiger partial charge in [0.15, 0.2) is 0 Å². The van der Waals surface area contributed by atoms with E-state index in [1.807, 2.05) is 19.1 Å². The molecule has 2 heterocycles. The summed E-state index contributed by atoms with van der Waals surface area (Å²) in [5.41, 5.74) is 5.97. The molecule has 0 amide bonds. The van der Waals surface area contributed by atoms with Gasteiger partial charge in [0.25, 0.3) is 0 Å². The Labute approximate surface area is 77.9 Å². The first kappa shape index (κ1) is 8.78. The molecule has 1 aromatic heterocycles. The molecule has 1 aromatic rings. The summed E-state index contributed by atoms with van der Waals surface area (Å²) >= 11 is 0. The lowest BCUT2D eigenvalue weighted by Gasteiger charge is -2.26. The van der Waals surface area contributed by atoms with Crippen LogP contribution in [0.25, 0.3) is 0 Å². The zero-order chi connectivity index (χ0) is 9.31. The predicted molar refractivity (Wildman–Crippen MR) is 49.4 cm³/mol. The summed E-state index contributed by atoms with van der Waals surface area (Å²) < 4.78 is 10.7. The molecule has 0 aliphatic carbocycles. The van der Waals surface area contributed by atoms with Gasteiger partial charge in [0, 0.05) is 13.0 Å². The maximum absolute atomic E-state index is 6.21. The summed E-state index contributed by atoms with van der Waals surface area (Å²) in [5, 5.41) is 0. The van der Waals surface area contributed by atoms with Crippen molar-refractivity contribution in [3.8, 4) is 0 Å². The van der Waals surface area contributed by atoms with Crippen LogP contribution >= 0.6 is 0 Å². The van der Waals surface area contributed by atoms with E-state index in [1.54, 1.807) is 6.26 Å². The lowest BCUT2D eigenvalue weighted by atomic mass is 9.88. The largest absolute Gasteiger partial charge is 0.469 e. The molecule has 2 unspecified atom stereocenters. The van der Waals surface area contributed by atoms with Crippen LogP contribution in [0.3, 0.4) is 0 Å². The SMILES string of the molecule is CC1OCCC1(N)Cc1ccco1. The van der Waals surface area contributed by atoms with E-state index in [4.69, 9.17) is 14.9 Å². The molecule has 1 fully saturated rings. The standard InChI is InChI=1S/C10H15NO2/c1-8-10(11,4-6-12-8)7-9-3-2-5-13-9/h2-3,5,8H,4,6-7,11H2,1H3. The van der Waals surface area contributed by atoms with E-state index in [2.05, 4.69) is 0 Å². The molecule has 0 aromatic carbocycles. The second-order valence-electron chi connectivity index (χ2n) is 3.75. The van der Waals surface area contributed by atoms with Crippen LogP contribution in [0.2, 0.25) is 0 Å². The Kier molecular flexibility index (Phi) is 2.14. The molecule has 0 radical (unpaired) electrons. The van der Waals surface area contributed by atoms with Gasteiger partial charge in [-0.15, -0.1) is 0 Å². The van der Waals surface area contributed by atoms with Crippen LogP contribution < -0.4 is 5.73 Å². The Hall–Kier alpha value is -0.800. The van der Waals surface area contributed by atoms with Crippen LogP contribution in [0, 0.1) is 0 Å². The second kappa shape index (κ2) is 3.16. The molecular weight excluding hydrogens is 166 g/mol. The molecule has 3 heteroatoms. The molecule has 2 N–H and O–H groups in total. The predicted octanol–water partition coefficient (Wildman–Crippen LogP) is 1.33. The molecule has 2 atom stereocenters. The van der Waals surface area contributed by atoms with E-state index in [1.165, 1.54) is 0 Å². The normalized spacial score (nSPS) is 33.8. The van der Waals surface area contributed by atoms with Crippen molar-refractivity contribution in [2.24, 2.45) is 5.73 Å². The molecule has 1 aliphatic heterocycles. The minimum Gasteiger partial charge on any atom is -0.469 e. The van der Waals surface area contributed by atoms with Crippen molar-refractivity contribution < 1.29 is 9.15 Å². The Morgan fingerprint density at radius 1 is 1.69 bits per heavy atom. The van der Waals surface area contributed by atoms with Gasteiger partial charge in [-0.25, -0.2) is 0 Å². The Morgan fingerprint density at radius 3 is 3.08 bits per heavy atom. The van der Waals surface area contributed by atoms with Crippen molar-refractivity contribution in [1.82, 2.24) is 0 Å². The number of hydrogen-bond acceptors (Lipinski definition) is 3. The van der Waals surface area contributed by atoms with Gasteiger partial charge in [-0.05, 0) is 25.5 Å². The number of ether oxygens (including phenoxy) is 1. The van der Waals surface area contributed by atoms with Crippen molar-refractivity contribution in [2.45, 2.75) is 31.4 Å². The highest BCUT2D eigenvalue weighted by Crippen LogP contribution is 2.26. The van der Waals surface area contributed by atoms with E-state index in [0.29, 0.717) is 0 Å². The quantitative estimate of drug-likeness (QED) is 0.748. The molecule has 1 aliphatic rings. The maximum atomic E-state index is 6.21. The van der Waals surface area contributed by atoms with Gasteiger partial charge < -0.3 is 14.9 Å². The van der Waals surface area contributed by atoms with Crippen LogP contribution in [0.4, 0.5) is 0 Å². The summed E-state index contributed by atoms with van der Waals surface area (Å²) in [5.74, 6) is 0.944. The van der Waals surface area contributed by atoms with Gasteiger partial charge in [-0.3, -0.25) is 0 Å². The van der Waals surface area contributed by atoms with Gasteiger partial charge in [-0.2, -0.15) is 0 Å². The summed E-state index contributed by atoms with van der Waals surface area (Å²) in [7, 11) is 0. The fourth-order valence-corrected chi connectivity index (χ4v) is 1.76. The second-order valence-corrected chi connectivity index (χ2v) is 3.75. The molecule has 3 nitrogen and oxygen atoms in total. The Bertz CT molecular complexity index is 270. The lowest BCUT2D eigenvalue weighted by molar-refractivity contribution is 0.0939. The minimum absolute atomic E-state index is 0.123. The van der Waals surface area contributed by atoms with E-state index in [0.717, 1.165) is 25.2 Å². The smallest absolute Gasteiger partial charge is 0.105 e. The molecule has 72 valence electrons. The fourth-order valence-electron chi connectivity index (χ4n) is 1.76. The number of hydrogen-bond donors (Lipinski definition) is 1. The highest BCUT2D eigenvalue weighted by atomic mass is 16.5. The Morgan fingerprint density at radius 2 is 2.54 bits per heavy atom. The third-order valence-corrected chi connectivity index (χ3v) is 2.83. The van der Waals surface area contributed by atoms with Crippen molar-refractivity contribution in [3.05, 3.63) is 24.2 Å². The molecule has 2 rings (SSSR count). The van der Waals surface area contributed by atoms with Gasteiger partial charge in [0.1, 0.15) is 5.76 Å². The van der Waals surface area contributed by atoms with Crippen molar-refractivity contribution in [2.75, 3.05) is 6.61 Å².